The van der Waals surface area contributed by atoms with Crippen LogP contribution in [0.5, 0.6) is 11.5 Å². The van der Waals surface area contributed by atoms with E-state index in [1.165, 1.54) is 4.68 Å². The molecule has 0 radical (unpaired) electrons. The molecule has 1 amide bonds. The second-order valence-corrected chi connectivity index (χ2v) is 6.32. The highest BCUT2D eigenvalue weighted by Crippen LogP contribution is 2.32. The molecular formula is C17H16N6O6. The molecule has 1 aromatic carbocycles. The minimum absolute atomic E-state index is 0.0411. The maximum atomic E-state index is 12.3. The first-order chi connectivity index (χ1) is 13.9. The van der Waals surface area contributed by atoms with E-state index in [2.05, 4.69) is 20.6 Å². The van der Waals surface area contributed by atoms with Crippen LogP contribution in [0.25, 0.3) is 0 Å². The molecule has 1 N–H and O–H groups in total. The summed E-state index contributed by atoms with van der Waals surface area (Å²) < 4.78 is 16.9. The normalized spacial score (nSPS) is 12.2. The predicted octanol–water partition coefficient (Wildman–Crippen LogP) is 1.50. The van der Waals surface area contributed by atoms with Gasteiger partial charge in [0.05, 0.1) is 4.92 Å². The summed E-state index contributed by atoms with van der Waals surface area (Å²) in [6.07, 6.45) is 0. The van der Waals surface area contributed by atoms with Gasteiger partial charge < -0.3 is 19.3 Å². The lowest BCUT2D eigenvalue weighted by Crippen LogP contribution is -2.23. The molecule has 12 nitrogen and oxygen atoms in total. The molecule has 2 aromatic heterocycles. The molecule has 0 fully saturated rings. The fourth-order valence-electron chi connectivity index (χ4n) is 2.96. The number of hydrogen-bond donors (Lipinski definition) is 1. The molecule has 3 heterocycles. The van der Waals surface area contributed by atoms with E-state index in [9.17, 15) is 14.9 Å². The predicted molar refractivity (Wildman–Crippen MR) is 95.5 cm³/mol. The van der Waals surface area contributed by atoms with Crippen molar-refractivity contribution in [3.05, 3.63) is 57.0 Å². The highest BCUT2D eigenvalue weighted by molar-refractivity contribution is 5.89. The third-order valence-corrected chi connectivity index (χ3v) is 4.37. The highest BCUT2D eigenvalue weighted by atomic mass is 16.7. The Balaban J connectivity index is 1.40. The van der Waals surface area contributed by atoms with Crippen LogP contribution in [-0.4, -0.2) is 37.5 Å². The molecule has 0 saturated carbocycles. The Bertz CT molecular complexity index is 1100. The number of nitro groups is 1. The van der Waals surface area contributed by atoms with Gasteiger partial charge in [0.25, 0.3) is 0 Å². The van der Waals surface area contributed by atoms with Crippen LogP contribution in [0, 0.1) is 24.0 Å². The quantitative estimate of drug-likeness (QED) is 0.480. The summed E-state index contributed by atoms with van der Waals surface area (Å²) >= 11 is 0. The largest absolute Gasteiger partial charge is 0.454 e. The topological polar surface area (TPSA) is 147 Å². The van der Waals surface area contributed by atoms with E-state index in [0.29, 0.717) is 17.2 Å². The van der Waals surface area contributed by atoms with Gasteiger partial charge in [-0.2, -0.15) is 10.1 Å². The van der Waals surface area contributed by atoms with Crippen LogP contribution in [0.15, 0.2) is 22.7 Å². The molecule has 1 aliphatic rings. The Kier molecular flexibility index (Phi) is 4.58. The van der Waals surface area contributed by atoms with E-state index in [4.69, 9.17) is 14.0 Å². The zero-order valence-electron chi connectivity index (χ0n) is 15.5. The summed E-state index contributed by atoms with van der Waals surface area (Å²) in [5.41, 5.74) is 1.41. The summed E-state index contributed by atoms with van der Waals surface area (Å²) in [6, 6.07) is 5.35. The number of nitrogens with zero attached hydrogens (tertiary/aromatic N) is 5. The van der Waals surface area contributed by atoms with Crippen LogP contribution in [-0.2, 0) is 13.1 Å². The SMILES string of the molecule is Cc1nn(Cc2noc(C(=O)NCc3ccc4c(c3)OCO4)n2)c(C)c1[N+](=O)[O-]. The van der Waals surface area contributed by atoms with Crippen LogP contribution >= 0.6 is 0 Å². The molecular weight excluding hydrogens is 384 g/mol. The minimum atomic E-state index is -0.541. The highest BCUT2D eigenvalue weighted by Gasteiger charge is 2.23. The van der Waals surface area contributed by atoms with Gasteiger partial charge in [0, 0.05) is 6.54 Å². The number of aryl methyl sites for hydroxylation is 1. The Labute approximate surface area is 163 Å². The van der Waals surface area contributed by atoms with Gasteiger partial charge in [-0.3, -0.25) is 19.6 Å². The standard InChI is InChI=1S/C17H16N6O6/c1-9-15(23(25)26)10(2)22(20-9)7-14-19-17(29-21-14)16(24)18-6-11-3-4-12-13(5-11)28-8-27-12/h3-5H,6-8H2,1-2H3,(H,18,24). The van der Waals surface area contributed by atoms with Crippen molar-refractivity contribution in [1.82, 2.24) is 25.2 Å². The number of amides is 1. The third-order valence-electron chi connectivity index (χ3n) is 4.37. The molecule has 0 aliphatic carbocycles. The number of nitrogens with one attached hydrogen (secondary N) is 1. The average Bonchev–Trinajstić information content (AvgIpc) is 3.39. The maximum absolute atomic E-state index is 12.3. The molecule has 150 valence electrons. The molecule has 0 saturated heterocycles. The second-order valence-electron chi connectivity index (χ2n) is 6.32. The molecule has 0 spiro atoms. The Morgan fingerprint density at radius 1 is 1.31 bits per heavy atom. The van der Waals surface area contributed by atoms with Crippen LogP contribution in [0.3, 0.4) is 0 Å². The molecule has 29 heavy (non-hydrogen) atoms. The fraction of sp³-hybridized carbons (Fsp3) is 0.294. The Morgan fingerprint density at radius 2 is 2.10 bits per heavy atom. The van der Waals surface area contributed by atoms with Gasteiger partial charge in [-0.1, -0.05) is 11.2 Å². The average molecular weight is 400 g/mol. The van der Waals surface area contributed by atoms with E-state index < -0.39 is 10.8 Å². The van der Waals surface area contributed by atoms with Crippen molar-refractivity contribution in [2.45, 2.75) is 26.9 Å². The fourth-order valence-corrected chi connectivity index (χ4v) is 2.96. The summed E-state index contributed by atoms with van der Waals surface area (Å²) in [7, 11) is 0. The summed E-state index contributed by atoms with van der Waals surface area (Å²) in [5, 5.41) is 21.6. The van der Waals surface area contributed by atoms with Gasteiger partial charge in [-0.15, -0.1) is 0 Å². The Morgan fingerprint density at radius 3 is 2.86 bits per heavy atom. The second kappa shape index (κ2) is 7.22. The van der Waals surface area contributed by atoms with Gasteiger partial charge in [0.1, 0.15) is 17.9 Å². The number of carbonyl (C=O) groups is 1. The summed E-state index contributed by atoms with van der Waals surface area (Å²) in [4.78, 5) is 26.9. The number of rotatable bonds is 6. The zero-order chi connectivity index (χ0) is 20.5. The van der Waals surface area contributed by atoms with Crippen LogP contribution < -0.4 is 14.8 Å². The first-order valence-corrected chi connectivity index (χ1v) is 8.60. The van der Waals surface area contributed by atoms with E-state index in [1.807, 2.05) is 6.07 Å². The first kappa shape index (κ1) is 18.4. The van der Waals surface area contributed by atoms with E-state index >= 15 is 0 Å². The van der Waals surface area contributed by atoms with Gasteiger partial charge in [0.2, 0.25) is 6.79 Å². The summed E-state index contributed by atoms with van der Waals surface area (Å²) in [5.74, 6) is 0.707. The van der Waals surface area contributed by atoms with Gasteiger partial charge >= 0.3 is 17.5 Å². The molecule has 1 aliphatic heterocycles. The van der Waals surface area contributed by atoms with Crippen molar-refractivity contribution < 1.29 is 23.7 Å². The number of fused-ring (bicyclic) bond motifs is 1. The van der Waals surface area contributed by atoms with Crippen LogP contribution in [0.1, 0.15) is 33.5 Å². The lowest BCUT2D eigenvalue weighted by molar-refractivity contribution is -0.386. The van der Waals surface area contributed by atoms with Crippen molar-refractivity contribution in [2.24, 2.45) is 0 Å². The van der Waals surface area contributed by atoms with Crippen molar-refractivity contribution in [3.8, 4) is 11.5 Å². The van der Waals surface area contributed by atoms with Gasteiger partial charge in [0.15, 0.2) is 17.3 Å². The lowest BCUT2D eigenvalue weighted by atomic mass is 10.2. The first-order valence-electron chi connectivity index (χ1n) is 8.60. The zero-order valence-corrected chi connectivity index (χ0v) is 15.5. The summed E-state index contributed by atoms with van der Waals surface area (Å²) in [6.45, 7) is 3.58. The number of aromatic nitrogens is 4. The van der Waals surface area contributed by atoms with Crippen molar-refractivity contribution >= 4 is 11.6 Å². The van der Waals surface area contributed by atoms with E-state index in [1.54, 1.807) is 26.0 Å². The molecule has 12 heteroatoms. The monoisotopic (exact) mass is 400 g/mol. The van der Waals surface area contributed by atoms with Crippen molar-refractivity contribution in [3.63, 3.8) is 0 Å². The number of hydrogen-bond acceptors (Lipinski definition) is 9. The number of ether oxygens (including phenoxy) is 2. The van der Waals surface area contributed by atoms with Crippen molar-refractivity contribution in [2.75, 3.05) is 6.79 Å². The molecule has 0 bridgehead atoms. The third kappa shape index (κ3) is 3.59. The van der Waals surface area contributed by atoms with E-state index in [0.717, 1.165) is 5.56 Å². The lowest BCUT2D eigenvalue weighted by Gasteiger charge is -2.03. The molecule has 3 aromatic rings. The van der Waals surface area contributed by atoms with Crippen molar-refractivity contribution in [1.29, 1.82) is 0 Å². The molecule has 0 unspecified atom stereocenters. The van der Waals surface area contributed by atoms with Crippen LogP contribution in [0.2, 0.25) is 0 Å². The number of benzene rings is 1. The van der Waals surface area contributed by atoms with E-state index in [-0.39, 0.29) is 43.0 Å². The Hall–Kier alpha value is -3.96. The van der Waals surface area contributed by atoms with Gasteiger partial charge in [-0.25, -0.2) is 0 Å². The molecule has 0 atom stereocenters. The van der Waals surface area contributed by atoms with Gasteiger partial charge in [-0.05, 0) is 31.5 Å². The smallest absolute Gasteiger partial charge is 0.316 e. The maximum Gasteiger partial charge on any atom is 0.316 e. The minimum Gasteiger partial charge on any atom is -0.454 e. The molecule has 4 rings (SSSR count). The van der Waals surface area contributed by atoms with Crippen LogP contribution in [0.4, 0.5) is 5.69 Å². The number of carbonyl (C=O) groups excluding carboxylic acids is 1.